The Hall–Kier alpha value is -0.0400. The van der Waals surface area contributed by atoms with Crippen molar-refractivity contribution in [3.8, 4) is 0 Å². The van der Waals surface area contributed by atoms with E-state index in [1.54, 1.807) is 0 Å². The molecule has 0 fully saturated rings. The zero-order valence-electron chi connectivity index (χ0n) is 14.0. The highest BCUT2D eigenvalue weighted by molar-refractivity contribution is 4.66. The lowest BCUT2D eigenvalue weighted by Crippen LogP contribution is -2.28. The Morgan fingerprint density at radius 2 is 1.00 bits per heavy atom. The zero-order chi connectivity index (χ0) is 14.2. The molecule has 0 radical (unpaired) electrons. The third kappa shape index (κ3) is 14.2. The number of unbranched alkanes of at least 4 members (excludes halogenated alkanes) is 9. The minimum absolute atomic E-state index is 0.790. The second-order valence-electron chi connectivity index (χ2n) is 6.01. The van der Waals surface area contributed by atoms with E-state index in [0.717, 1.165) is 12.6 Å². The first-order chi connectivity index (χ1) is 9.35. The number of hydrogen-bond donors (Lipinski definition) is 1. The van der Waals surface area contributed by atoms with Crippen molar-refractivity contribution in [1.82, 2.24) is 5.32 Å². The van der Waals surface area contributed by atoms with Gasteiger partial charge in [-0.2, -0.15) is 0 Å². The van der Waals surface area contributed by atoms with Crippen molar-refractivity contribution in [3.05, 3.63) is 0 Å². The maximum absolute atomic E-state index is 3.68. The van der Waals surface area contributed by atoms with Crippen LogP contribution in [0.25, 0.3) is 0 Å². The predicted octanol–water partition coefficient (Wildman–Crippen LogP) is 6.08. The second-order valence-corrected chi connectivity index (χ2v) is 6.01. The van der Waals surface area contributed by atoms with Crippen LogP contribution in [0.3, 0.4) is 0 Å². The van der Waals surface area contributed by atoms with Crippen molar-refractivity contribution < 1.29 is 0 Å². The molecule has 0 aliphatic carbocycles. The minimum Gasteiger partial charge on any atom is -0.314 e. The normalized spacial score (nSPS) is 12.8. The van der Waals surface area contributed by atoms with Crippen LogP contribution >= 0.6 is 0 Å². The van der Waals surface area contributed by atoms with Gasteiger partial charge in [-0.05, 0) is 19.4 Å². The maximum atomic E-state index is 3.68. The smallest absolute Gasteiger partial charge is 0.00669 e. The molecule has 0 saturated heterocycles. The Kier molecular flexibility index (Phi) is 16.0. The summed E-state index contributed by atoms with van der Waals surface area (Å²) < 4.78 is 0. The summed E-state index contributed by atoms with van der Waals surface area (Å²) in [6.07, 6.45) is 18.4. The Morgan fingerprint density at radius 3 is 1.42 bits per heavy atom. The maximum Gasteiger partial charge on any atom is 0.00669 e. The van der Waals surface area contributed by atoms with Gasteiger partial charge in [-0.15, -0.1) is 0 Å². The van der Waals surface area contributed by atoms with Crippen molar-refractivity contribution in [2.75, 3.05) is 6.54 Å². The number of hydrogen-bond acceptors (Lipinski definition) is 1. The molecular formula is C18H39N. The SMILES string of the molecule is CCCCCCCCC(CCCCCCC)NCC. The molecule has 1 atom stereocenters. The lowest BCUT2D eigenvalue weighted by Gasteiger charge is -2.17. The van der Waals surface area contributed by atoms with Gasteiger partial charge in [0.05, 0.1) is 0 Å². The van der Waals surface area contributed by atoms with Crippen LogP contribution in [-0.4, -0.2) is 12.6 Å². The molecule has 0 bridgehead atoms. The van der Waals surface area contributed by atoms with E-state index in [1.165, 1.54) is 83.5 Å². The lowest BCUT2D eigenvalue weighted by atomic mass is 10.0. The topological polar surface area (TPSA) is 12.0 Å². The Labute approximate surface area is 122 Å². The van der Waals surface area contributed by atoms with Gasteiger partial charge in [0.25, 0.3) is 0 Å². The van der Waals surface area contributed by atoms with Crippen molar-refractivity contribution >= 4 is 0 Å². The predicted molar refractivity (Wildman–Crippen MR) is 88.8 cm³/mol. The molecular weight excluding hydrogens is 230 g/mol. The molecule has 0 spiro atoms. The van der Waals surface area contributed by atoms with Gasteiger partial charge >= 0.3 is 0 Å². The van der Waals surface area contributed by atoms with Gasteiger partial charge < -0.3 is 5.32 Å². The number of rotatable bonds is 15. The molecule has 0 saturated carbocycles. The van der Waals surface area contributed by atoms with Gasteiger partial charge in [0, 0.05) is 6.04 Å². The van der Waals surface area contributed by atoms with Gasteiger partial charge in [-0.3, -0.25) is 0 Å². The third-order valence-corrected chi connectivity index (χ3v) is 4.06. The fourth-order valence-electron chi connectivity index (χ4n) is 2.80. The Bertz CT molecular complexity index is 156. The van der Waals surface area contributed by atoms with Crippen LogP contribution in [0.15, 0.2) is 0 Å². The first kappa shape index (κ1) is 19.0. The molecule has 0 heterocycles. The minimum atomic E-state index is 0.790. The van der Waals surface area contributed by atoms with Crippen LogP contribution in [0.4, 0.5) is 0 Å². The summed E-state index contributed by atoms with van der Waals surface area (Å²) in [6, 6.07) is 0.790. The van der Waals surface area contributed by atoms with E-state index in [0.29, 0.717) is 0 Å². The molecule has 1 heteroatoms. The summed E-state index contributed by atoms with van der Waals surface area (Å²) in [4.78, 5) is 0. The molecule has 0 aliphatic heterocycles. The Morgan fingerprint density at radius 1 is 0.579 bits per heavy atom. The highest BCUT2D eigenvalue weighted by Gasteiger charge is 2.06. The highest BCUT2D eigenvalue weighted by Crippen LogP contribution is 2.13. The van der Waals surface area contributed by atoms with Crippen LogP contribution in [0.1, 0.15) is 104 Å². The lowest BCUT2D eigenvalue weighted by molar-refractivity contribution is 0.420. The first-order valence-electron chi connectivity index (χ1n) is 9.08. The van der Waals surface area contributed by atoms with E-state index < -0.39 is 0 Å². The average Bonchev–Trinajstić information content (AvgIpc) is 2.42. The molecule has 19 heavy (non-hydrogen) atoms. The van der Waals surface area contributed by atoms with Crippen molar-refractivity contribution in [2.45, 2.75) is 110 Å². The molecule has 1 N–H and O–H groups in total. The molecule has 1 nitrogen and oxygen atoms in total. The fraction of sp³-hybridized carbons (Fsp3) is 1.00. The quantitative estimate of drug-likeness (QED) is 0.355. The summed E-state index contributed by atoms with van der Waals surface area (Å²) in [7, 11) is 0. The fourth-order valence-corrected chi connectivity index (χ4v) is 2.80. The largest absolute Gasteiger partial charge is 0.314 e. The zero-order valence-corrected chi connectivity index (χ0v) is 14.0. The Balaban J connectivity index is 3.45. The van der Waals surface area contributed by atoms with E-state index in [1.807, 2.05) is 0 Å². The van der Waals surface area contributed by atoms with E-state index in [9.17, 15) is 0 Å². The molecule has 0 amide bonds. The first-order valence-corrected chi connectivity index (χ1v) is 9.08. The van der Waals surface area contributed by atoms with Gasteiger partial charge in [-0.1, -0.05) is 91.4 Å². The van der Waals surface area contributed by atoms with Gasteiger partial charge in [0.2, 0.25) is 0 Å². The van der Waals surface area contributed by atoms with Crippen LogP contribution in [0.5, 0.6) is 0 Å². The summed E-state index contributed by atoms with van der Waals surface area (Å²) in [6.45, 7) is 7.96. The molecule has 0 aliphatic rings. The summed E-state index contributed by atoms with van der Waals surface area (Å²) >= 11 is 0. The highest BCUT2D eigenvalue weighted by atomic mass is 14.9. The summed E-state index contributed by atoms with van der Waals surface area (Å²) in [5.74, 6) is 0. The van der Waals surface area contributed by atoms with Gasteiger partial charge in [-0.25, -0.2) is 0 Å². The van der Waals surface area contributed by atoms with Crippen molar-refractivity contribution in [1.29, 1.82) is 0 Å². The summed E-state index contributed by atoms with van der Waals surface area (Å²) in [5.41, 5.74) is 0. The standard InChI is InChI=1S/C18H39N/c1-4-7-9-11-13-15-17-18(19-6-3)16-14-12-10-8-5-2/h18-19H,4-17H2,1-3H3. The third-order valence-electron chi connectivity index (χ3n) is 4.06. The molecule has 0 aromatic heterocycles. The summed E-state index contributed by atoms with van der Waals surface area (Å²) in [5, 5.41) is 3.68. The molecule has 1 unspecified atom stereocenters. The van der Waals surface area contributed by atoms with E-state index in [2.05, 4.69) is 26.1 Å². The van der Waals surface area contributed by atoms with E-state index >= 15 is 0 Å². The number of nitrogens with one attached hydrogen (secondary N) is 1. The van der Waals surface area contributed by atoms with E-state index in [4.69, 9.17) is 0 Å². The van der Waals surface area contributed by atoms with Crippen LogP contribution in [-0.2, 0) is 0 Å². The van der Waals surface area contributed by atoms with Gasteiger partial charge in [0.15, 0.2) is 0 Å². The monoisotopic (exact) mass is 269 g/mol. The molecule has 116 valence electrons. The molecule has 0 rings (SSSR count). The van der Waals surface area contributed by atoms with Crippen molar-refractivity contribution in [3.63, 3.8) is 0 Å². The second kappa shape index (κ2) is 16.0. The average molecular weight is 270 g/mol. The van der Waals surface area contributed by atoms with Crippen LogP contribution in [0.2, 0.25) is 0 Å². The van der Waals surface area contributed by atoms with E-state index in [-0.39, 0.29) is 0 Å². The van der Waals surface area contributed by atoms with Crippen LogP contribution < -0.4 is 5.32 Å². The van der Waals surface area contributed by atoms with Crippen molar-refractivity contribution in [2.24, 2.45) is 0 Å². The van der Waals surface area contributed by atoms with Gasteiger partial charge in [0.1, 0.15) is 0 Å². The van der Waals surface area contributed by atoms with Crippen LogP contribution in [0, 0.1) is 0 Å². The molecule has 0 aromatic carbocycles. The molecule has 0 aromatic rings.